The Bertz CT molecular complexity index is 742. The molecule has 0 bridgehead atoms. The van der Waals surface area contributed by atoms with Crippen molar-refractivity contribution in [1.82, 2.24) is 4.90 Å². The van der Waals surface area contributed by atoms with Gasteiger partial charge in [0.15, 0.2) is 0 Å². The fourth-order valence-electron chi connectivity index (χ4n) is 4.55. The molecular weight excluding hydrogens is 322 g/mol. The van der Waals surface area contributed by atoms with Gasteiger partial charge in [-0.15, -0.1) is 0 Å². The molecular formula is C23H31NO2. The van der Waals surface area contributed by atoms with Crippen LogP contribution in [0.25, 0.3) is 0 Å². The molecule has 1 aliphatic carbocycles. The summed E-state index contributed by atoms with van der Waals surface area (Å²) in [6.45, 7) is 3.00. The first-order valence-electron chi connectivity index (χ1n) is 9.50. The molecule has 0 aromatic heterocycles. The van der Waals surface area contributed by atoms with E-state index < -0.39 is 5.60 Å². The second kappa shape index (κ2) is 7.81. The minimum absolute atomic E-state index is 0.210. The smallest absolute Gasteiger partial charge is 0.119 e. The summed E-state index contributed by atoms with van der Waals surface area (Å²) in [5.41, 5.74) is 2.70. The highest BCUT2D eigenvalue weighted by Gasteiger charge is 2.49. The zero-order chi connectivity index (χ0) is 18.7. The summed E-state index contributed by atoms with van der Waals surface area (Å²) < 4.78 is 5.38. The van der Waals surface area contributed by atoms with E-state index >= 15 is 0 Å². The van der Waals surface area contributed by atoms with Gasteiger partial charge in [-0.2, -0.15) is 0 Å². The fraction of sp³-hybridized carbons (Fsp3) is 0.478. The Morgan fingerprint density at radius 1 is 1.08 bits per heavy atom. The summed E-state index contributed by atoms with van der Waals surface area (Å²) >= 11 is 0. The van der Waals surface area contributed by atoms with E-state index in [1.807, 2.05) is 12.1 Å². The van der Waals surface area contributed by atoms with Crippen LogP contribution in [0, 0.1) is 18.8 Å². The van der Waals surface area contributed by atoms with E-state index in [0.29, 0.717) is 0 Å². The Morgan fingerprint density at radius 3 is 2.50 bits per heavy atom. The van der Waals surface area contributed by atoms with Crippen LogP contribution >= 0.6 is 0 Å². The van der Waals surface area contributed by atoms with Crippen molar-refractivity contribution < 1.29 is 9.84 Å². The van der Waals surface area contributed by atoms with Crippen molar-refractivity contribution in [3.63, 3.8) is 0 Å². The number of nitrogens with zero attached hydrogens (tertiary/aromatic N) is 1. The molecule has 3 rings (SSSR count). The van der Waals surface area contributed by atoms with Crippen LogP contribution in [0.15, 0.2) is 48.5 Å². The van der Waals surface area contributed by atoms with Gasteiger partial charge < -0.3 is 14.7 Å². The quantitative estimate of drug-likeness (QED) is 0.851. The number of ether oxygens (including phenoxy) is 1. The molecule has 140 valence electrons. The van der Waals surface area contributed by atoms with E-state index in [-0.39, 0.29) is 11.8 Å². The average Bonchev–Trinajstić information content (AvgIpc) is 2.92. The van der Waals surface area contributed by atoms with Crippen LogP contribution in [0.3, 0.4) is 0 Å². The van der Waals surface area contributed by atoms with Crippen molar-refractivity contribution in [3.8, 4) is 5.75 Å². The van der Waals surface area contributed by atoms with Gasteiger partial charge in [0.25, 0.3) is 0 Å². The third kappa shape index (κ3) is 3.79. The maximum absolute atomic E-state index is 12.0. The molecule has 3 heteroatoms. The van der Waals surface area contributed by atoms with Crippen molar-refractivity contribution in [2.45, 2.75) is 31.8 Å². The van der Waals surface area contributed by atoms with Gasteiger partial charge in [0.1, 0.15) is 5.75 Å². The lowest BCUT2D eigenvalue weighted by Gasteiger charge is -2.37. The van der Waals surface area contributed by atoms with Gasteiger partial charge in [-0.3, -0.25) is 0 Å². The lowest BCUT2D eigenvalue weighted by molar-refractivity contribution is -0.0490. The van der Waals surface area contributed by atoms with Crippen LogP contribution in [0.5, 0.6) is 5.75 Å². The molecule has 3 atom stereocenters. The Kier molecular flexibility index (Phi) is 5.69. The molecule has 0 saturated heterocycles. The largest absolute Gasteiger partial charge is 0.497 e. The minimum Gasteiger partial charge on any atom is -0.497 e. The van der Waals surface area contributed by atoms with Gasteiger partial charge in [-0.25, -0.2) is 0 Å². The van der Waals surface area contributed by atoms with Crippen LogP contribution in [-0.4, -0.2) is 37.8 Å². The van der Waals surface area contributed by atoms with E-state index in [1.165, 1.54) is 11.1 Å². The zero-order valence-electron chi connectivity index (χ0n) is 16.4. The van der Waals surface area contributed by atoms with Crippen molar-refractivity contribution in [2.24, 2.45) is 11.8 Å². The Balaban J connectivity index is 1.94. The molecule has 1 aliphatic rings. The van der Waals surface area contributed by atoms with Crippen LogP contribution in [0.2, 0.25) is 0 Å². The zero-order valence-corrected chi connectivity index (χ0v) is 16.4. The molecule has 0 amide bonds. The lowest BCUT2D eigenvalue weighted by atomic mass is 9.75. The highest BCUT2D eigenvalue weighted by Crippen LogP contribution is 2.49. The average molecular weight is 354 g/mol. The third-order valence-electron chi connectivity index (χ3n) is 5.79. The highest BCUT2D eigenvalue weighted by atomic mass is 16.5. The van der Waals surface area contributed by atoms with Gasteiger partial charge >= 0.3 is 0 Å². The fourth-order valence-corrected chi connectivity index (χ4v) is 4.55. The monoisotopic (exact) mass is 353 g/mol. The first-order valence-corrected chi connectivity index (χ1v) is 9.50. The van der Waals surface area contributed by atoms with Gasteiger partial charge in [0.2, 0.25) is 0 Å². The number of aliphatic hydroxyl groups is 1. The molecule has 1 fully saturated rings. The number of hydrogen-bond acceptors (Lipinski definition) is 3. The van der Waals surface area contributed by atoms with Crippen LogP contribution in [-0.2, 0) is 12.0 Å². The van der Waals surface area contributed by atoms with Crippen molar-refractivity contribution >= 4 is 0 Å². The summed E-state index contributed by atoms with van der Waals surface area (Å²) in [5, 5.41) is 12.0. The predicted octanol–water partition coefficient (Wildman–Crippen LogP) is 4.02. The molecule has 0 radical (unpaired) electrons. The summed E-state index contributed by atoms with van der Waals surface area (Å²) in [4.78, 5) is 2.19. The molecule has 3 nitrogen and oxygen atoms in total. The second-order valence-corrected chi connectivity index (χ2v) is 7.98. The summed E-state index contributed by atoms with van der Waals surface area (Å²) in [7, 11) is 5.88. The first kappa shape index (κ1) is 18.9. The molecule has 1 N–H and O–H groups in total. The highest BCUT2D eigenvalue weighted by molar-refractivity contribution is 5.33. The van der Waals surface area contributed by atoms with E-state index in [4.69, 9.17) is 4.74 Å². The summed E-state index contributed by atoms with van der Waals surface area (Å²) in [6.07, 6.45) is 2.96. The summed E-state index contributed by atoms with van der Waals surface area (Å²) in [5.74, 6) is 1.33. The van der Waals surface area contributed by atoms with E-state index in [9.17, 15) is 5.11 Å². The maximum atomic E-state index is 12.0. The van der Waals surface area contributed by atoms with E-state index in [2.05, 4.69) is 62.3 Å². The standard InChI is InChI=1S/C23H31NO2/c1-17-7-5-9-19(13-17)23(25)20(11-12-21(23)16-24(2)3)14-18-8-6-10-22(15-18)26-4/h5-10,13,15,20-21,25H,11-12,14,16H2,1-4H3. The predicted molar refractivity (Wildman–Crippen MR) is 107 cm³/mol. The van der Waals surface area contributed by atoms with Crippen LogP contribution in [0.1, 0.15) is 29.5 Å². The molecule has 0 spiro atoms. The van der Waals surface area contributed by atoms with Crippen molar-refractivity contribution in [3.05, 3.63) is 65.2 Å². The number of methoxy groups -OCH3 is 1. The van der Waals surface area contributed by atoms with Gasteiger partial charge in [0.05, 0.1) is 12.7 Å². The first-order chi connectivity index (χ1) is 12.4. The topological polar surface area (TPSA) is 32.7 Å². The number of benzene rings is 2. The SMILES string of the molecule is COc1cccc(CC2CCC(CN(C)C)C2(O)c2cccc(C)c2)c1. The number of rotatable bonds is 6. The lowest BCUT2D eigenvalue weighted by Crippen LogP contribution is -2.42. The minimum atomic E-state index is -0.792. The molecule has 0 heterocycles. The maximum Gasteiger partial charge on any atom is 0.119 e. The Morgan fingerprint density at radius 2 is 1.81 bits per heavy atom. The second-order valence-electron chi connectivity index (χ2n) is 7.98. The summed E-state index contributed by atoms with van der Waals surface area (Å²) in [6, 6.07) is 16.7. The van der Waals surface area contributed by atoms with Gasteiger partial charge in [0, 0.05) is 12.5 Å². The van der Waals surface area contributed by atoms with Crippen molar-refractivity contribution in [2.75, 3.05) is 27.7 Å². The number of aryl methyl sites for hydroxylation is 1. The molecule has 2 aromatic rings. The molecule has 26 heavy (non-hydrogen) atoms. The van der Waals surface area contributed by atoms with E-state index in [0.717, 1.165) is 37.1 Å². The number of hydrogen-bond donors (Lipinski definition) is 1. The van der Waals surface area contributed by atoms with Gasteiger partial charge in [-0.05, 0) is 69.5 Å². The Labute approximate surface area is 157 Å². The van der Waals surface area contributed by atoms with Crippen LogP contribution < -0.4 is 4.74 Å². The van der Waals surface area contributed by atoms with Crippen molar-refractivity contribution in [1.29, 1.82) is 0 Å². The molecule has 1 saturated carbocycles. The third-order valence-corrected chi connectivity index (χ3v) is 5.79. The Hall–Kier alpha value is -1.84. The van der Waals surface area contributed by atoms with E-state index in [1.54, 1.807) is 7.11 Å². The van der Waals surface area contributed by atoms with Gasteiger partial charge in [-0.1, -0.05) is 42.0 Å². The molecule has 0 aliphatic heterocycles. The molecule has 2 aromatic carbocycles. The normalized spacial score (nSPS) is 25.6. The molecule has 3 unspecified atom stereocenters. The van der Waals surface area contributed by atoms with Crippen LogP contribution in [0.4, 0.5) is 0 Å².